The van der Waals surface area contributed by atoms with E-state index in [0.717, 1.165) is 0 Å². The van der Waals surface area contributed by atoms with E-state index in [0.29, 0.717) is 12.0 Å². The minimum atomic E-state index is -0.892. The monoisotopic (exact) mass is 279 g/mol. The van der Waals surface area contributed by atoms with E-state index in [9.17, 15) is 14.7 Å². The van der Waals surface area contributed by atoms with Crippen LogP contribution in [0.1, 0.15) is 25.8 Å². The molecule has 0 spiro atoms. The van der Waals surface area contributed by atoms with Crippen molar-refractivity contribution in [2.45, 2.75) is 26.7 Å². The first-order chi connectivity index (χ1) is 9.38. The SMILES string of the molecule is CC(C)CC(CNC(=O)Cc1cccc(O)c1)C(=O)O. The summed E-state index contributed by atoms with van der Waals surface area (Å²) in [5.74, 6) is -1.33. The molecule has 5 heteroatoms. The summed E-state index contributed by atoms with van der Waals surface area (Å²) >= 11 is 0. The molecule has 0 aliphatic carbocycles. The molecule has 1 amide bonds. The number of hydrogen-bond acceptors (Lipinski definition) is 3. The zero-order valence-electron chi connectivity index (χ0n) is 11.8. The highest BCUT2D eigenvalue weighted by Crippen LogP contribution is 2.12. The third-order valence-electron chi connectivity index (χ3n) is 2.93. The van der Waals surface area contributed by atoms with Crippen LogP contribution in [0.15, 0.2) is 24.3 Å². The van der Waals surface area contributed by atoms with E-state index in [1.807, 2.05) is 13.8 Å². The molecule has 5 nitrogen and oxygen atoms in total. The number of phenols is 1. The van der Waals surface area contributed by atoms with E-state index in [1.165, 1.54) is 12.1 Å². The topological polar surface area (TPSA) is 86.6 Å². The van der Waals surface area contributed by atoms with Crippen LogP contribution in [0, 0.1) is 11.8 Å². The molecule has 0 bridgehead atoms. The van der Waals surface area contributed by atoms with Gasteiger partial charge in [0, 0.05) is 6.54 Å². The molecule has 0 fully saturated rings. The minimum Gasteiger partial charge on any atom is -0.508 e. The summed E-state index contributed by atoms with van der Waals surface area (Å²) in [5, 5.41) is 21.0. The number of aromatic hydroxyl groups is 1. The van der Waals surface area contributed by atoms with Gasteiger partial charge in [-0.05, 0) is 30.0 Å². The molecule has 1 unspecified atom stereocenters. The second-order valence-electron chi connectivity index (χ2n) is 5.32. The molecular weight excluding hydrogens is 258 g/mol. The van der Waals surface area contributed by atoms with Crippen molar-refractivity contribution in [3.8, 4) is 5.75 Å². The Hall–Kier alpha value is -2.04. The number of phenolic OH excluding ortho intramolecular Hbond substituents is 1. The predicted octanol–water partition coefficient (Wildman–Crippen LogP) is 1.80. The van der Waals surface area contributed by atoms with Crippen LogP contribution in [0.3, 0.4) is 0 Å². The summed E-state index contributed by atoms with van der Waals surface area (Å²) in [4.78, 5) is 22.8. The van der Waals surface area contributed by atoms with Gasteiger partial charge < -0.3 is 15.5 Å². The maximum Gasteiger partial charge on any atom is 0.308 e. The highest BCUT2D eigenvalue weighted by molar-refractivity contribution is 5.79. The van der Waals surface area contributed by atoms with Crippen molar-refractivity contribution in [2.75, 3.05) is 6.54 Å². The molecule has 0 saturated heterocycles. The Labute approximate surface area is 118 Å². The highest BCUT2D eigenvalue weighted by Gasteiger charge is 2.19. The van der Waals surface area contributed by atoms with Crippen molar-refractivity contribution < 1.29 is 19.8 Å². The van der Waals surface area contributed by atoms with E-state index < -0.39 is 11.9 Å². The third kappa shape index (κ3) is 5.73. The molecule has 20 heavy (non-hydrogen) atoms. The smallest absolute Gasteiger partial charge is 0.308 e. The zero-order chi connectivity index (χ0) is 15.1. The Bertz CT molecular complexity index is 471. The van der Waals surface area contributed by atoms with Gasteiger partial charge in [0.15, 0.2) is 0 Å². The highest BCUT2D eigenvalue weighted by atomic mass is 16.4. The first-order valence-corrected chi connectivity index (χ1v) is 6.66. The van der Waals surface area contributed by atoms with Crippen molar-refractivity contribution >= 4 is 11.9 Å². The summed E-state index contributed by atoms with van der Waals surface area (Å²) in [6.07, 6.45) is 0.657. The number of carbonyl (C=O) groups is 2. The third-order valence-corrected chi connectivity index (χ3v) is 2.93. The number of carboxylic acids is 1. The maximum absolute atomic E-state index is 11.8. The van der Waals surface area contributed by atoms with Gasteiger partial charge in [-0.25, -0.2) is 0 Å². The molecule has 1 atom stereocenters. The summed E-state index contributed by atoms with van der Waals surface area (Å²) in [5.41, 5.74) is 0.693. The molecular formula is C15H21NO4. The van der Waals surface area contributed by atoms with Crippen LogP contribution in [0.5, 0.6) is 5.75 Å². The fraction of sp³-hybridized carbons (Fsp3) is 0.467. The normalized spacial score (nSPS) is 12.2. The maximum atomic E-state index is 11.8. The van der Waals surface area contributed by atoms with E-state index in [2.05, 4.69) is 5.32 Å². The van der Waals surface area contributed by atoms with Crippen molar-refractivity contribution in [3.63, 3.8) is 0 Å². The van der Waals surface area contributed by atoms with Crippen LogP contribution in [0.25, 0.3) is 0 Å². The van der Waals surface area contributed by atoms with Crippen molar-refractivity contribution in [1.82, 2.24) is 5.32 Å². The van der Waals surface area contributed by atoms with Gasteiger partial charge in [0.25, 0.3) is 0 Å². The lowest BCUT2D eigenvalue weighted by Gasteiger charge is -2.15. The van der Waals surface area contributed by atoms with Gasteiger partial charge in [-0.2, -0.15) is 0 Å². The molecule has 0 saturated carbocycles. The Balaban J connectivity index is 2.47. The number of rotatable bonds is 7. The molecule has 1 rings (SSSR count). The molecule has 0 aliphatic heterocycles. The summed E-state index contributed by atoms with van der Waals surface area (Å²) in [6.45, 7) is 4.03. The van der Waals surface area contributed by atoms with Gasteiger partial charge in [-0.3, -0.25) is 9.59 Å². The Morgan fingerprint density at radius 3 is 2.55 bits per heavy atom. The van der Waals surface area contributed by atoms with Gasteiger partial charge in [-0.15, -0.1) is 0 Å². The molecule has 0 aliphatic rings. The van der Waals surface area contributed by atoms with Gasteiger partial charge in [0.05, 0.1) is 12.3 Å². The Morgan fingerprint density at radius 2 is 2.00 bits per heavy atom. The molecule has 110 valence electrons. The summed E-state index contributed by atoms with van der Waals surface area (Å²) in [7, 11) is 0. The Kier molecular flexibility index (Phi) is 6.03. The standard InChI is InChI=1S/C15H21NO4/c1-10(2)6-12(15(19)20)9-16-14(18)8-11-4-3-5-13(17)7-11/h3-5,7,10,12,17H,6,8-9H2,1-2H3,(H,16,18)(H,19,20). The Morgan fingerprint density at radius 1 is 1.30 bits per heavy atom. The first-order valence-electron chi connectivity index (χ1n) is 6.66. The van der Waals surface area contributed by atoms with Gasteiger partial charge in [0.1, 0.15) is 5.75 Å². The fourth-order valence-corrected chi connectivity index (χ4v) is 1.99. The predicted molar refractivity (Wildman–Crippen MR) is 75.4 cm³/mol. The summed E-state index contributed by atoms with van der Waals surface area (Å²) < 4.78 is 0. The van der Waals surface area contributed by atoms with Gasteiger partial charge in [0.2, 0.25) is 5.91 Å². The van der Waals surface area contributed by atoms with E-state index in [4.69, 9.17) is 5.11 Å². The zero-order valence-corrected chi connectivity index (χ0v) is 11.8. The molecule has 1 aromatic rings. The molecule has 3 N–H and O–H groups in total. The lowest BCUT2D eigenvalue weighted by atomic mass is 9.97. The van der Waals surface area contributed by atoms with Crippen molar-refractivity contribution in [3.05, 3.63) is 29.8 Å². The van der Waals surface area contributed by atoms with Crippen LogP contribution >= 0.6 is 0 Å². The lowest BCUT2D eigenvalue weighted by Crippen LogP contribution is -2.34. The molecule has 0 heterocycles. The minimum absolute atomic E-state index is 0.110. The number of carbonyl (C=O) groups excluding carboxylic acids is 1. The van der Waals surface area contributed by atoms with Gasteiger partial charge >= 0.3 is 5.97 Å². The number of amides is 1. The molecule has 1 aromatic carbocycles. The van der Waals surface area contributed by atoms with Gasteiger partial charge in [-0.1, -0.05) is 26.0 Å². The fourth-order valence-electron chi connectivity index (χ4n) is 1.99. The van der Waals surface area contributed by atoms with Crippen LogP contribution < -0.4 is 5.32 Å². The van der Waals surface area contributed by atoms with Crippen LogP contribution in [0.4, 0.5) is 0 Å². The van der Waals surface area contributed by atoms with Crippen molar-refractivity contribution in [1.29, 1.82) is 0 Å². The first kappa shape index (κ1) is 16.0. The van der Waals surface area contributed by atoms with Crippen molar-refractivity contribution in [2.24, 2.45) is 11.8 Å². The quantitative estimate of drug-likeness (QED) is 0.710. The number of benzene rings is 1. The molecule has 0 aromatic heterocycles. The number of hydrogen-bond donors (Lipinski definition) is 3. The average Bonchev–Trinajstić information content (AvgIpc) is 2.33. The number of nitrogens with one attached hydrogen (secondary N) is 1. The largest absolute Gasteiger partial charge is 0.508 e. The van der Waals surface area contributed by atoms with Crippen LogP contribution in [-0.4, -0.2) is 28.6 Å². The van der Waals surface area contributed by atoms with E-state index >= 15 is 0 Å². The lowest BCUT2D eigenvalue weighted by molar-refractivity contribution is -0.142. The number of aliphatic carboxylic acids is 1. The second kappa shape index (κ2) is 7.53. The molecule has 0 radical (unpaired) electrons. The van der Waals surface area contributed by atoms with E-state index in [1.54, 1.807) is 12.1 Å². The summed E-state index contributed by atoms with van der Waals surface area (Å²) in [6, 6.07) is 6.45. The average molecular weight is 279 g/mol. The van der Waals surface area contributed by atoms with Crippen LogP contribution in [-0.2, 0) is 16.0 Å². The van der Waals surface area contributed by atoms with E-state index in [-0.39, 0.29) is 30.5 Å². The van der Waals surface area contributed by atoms with Crippen LogP contribution in [0.2, 0.25) is 0 Å². The second-order valence-corrected chi connectivity index (χ2v) is 5.32. The number of carboxylic acid groups (broad SMARTS) is 1.